The van der Waals surface area contributed by atoms with Crippen LogP contribution < -0.4 is 10.2 Å². The van der Waals surface area contributed by atoms with Crippen LogP contribution in [0.25, 0.3) is 21.9 Å². The Hall–Kier alpha value is -2.89. The highest BCUT2D eigenvalue weighted by molar-refractivity contribution is 5.99. The lowest BCUT2D eigenvalue weighted by Crippen LogP contribution is -2.33. The van der Waals surface area contributed by atoms with E-state index >= 15 is 0 Å². The van der Waals surface area contributed by atoms with Crippen molar-refractivity contribution in [3.8, 4) is 23.0 Å². The zero-order valence-corrected chi connectivity index (χ0v) is 21.0. The van der Waals surface area contributed by atoms with Crippen molar-refractivity contribution in [2.45, 2.75) is 85.7 Å². The van der Waals surface area contributed by atoms with Gasteiger partial charge in [0.1, 0.15) is 33.7 Å². The fourth-order valence-corrected chi connectivity index (χ4v) is 4.81. The molecule has 34 heavy (non-hydrogen) atoms. The molecule has 1 aliphatic rings. The Balaban J connectivity index is 2.12. The van der Waals surface area contributed by atoms with E-state index in [1.807, 2.05) is 13.8 Å². The summed E-state index contributed by atoms with van der Waals surface area (Å²) in [6.45, 7) is 12.3. The summed E-state index contributed by atoms with van der Waals surface area (Å²) in [6.07, 6.45) is 3.82. The lowest BCUT2D eigenvalue weighted by atomic mass is 9.88. The number of benzene rings is 2. The summed E-state index contributed by atoms with van der Waals surface area (Å²) >= 11 is 0. The minimum absolute atomic E-state index is 0.0199. The van der Waals surface area contributed by atoms with Crippen LogP contribution >= 0.6 is 0 Å². The van der Waals surface area contributed by atoms with E-state index < -0.39 is 5.60 Å². The molecular formula is C28H36O6. The lowest BCUT2D eigenvalue weighted by Gasteiger charge is -2.34. The predicted octanol–water partition coefficient (Wildman–Crippen LogP) is 6.34. The fourth-order valence-electron chi connectivity index (χ4n) is 4.81. The minimum atomic E-state index is -0.470. The van der Waals surface area contributed by atoms with Crippen molar-refractivity contribution in [3.05, 3.63) is 33.0 Å². The van der Waals surface area contributed by atoms with E-state index in [0.29, 0.717) is 70.9 Å². The molecule has 0 saturated heterocycles. The highest BCUT2D eigenvalue weighted by Crippen LogP contribution is 2.48. The monoisotopic (exact) mass is 468 g/mol. The van der Waals surface area contributed by atoms with Crippen LogP contribution in [-0.2, 0) is 19.3 Å². The number of phenolic OH excluding ortho intramolecular Hbond substituents is 3. The Labute approximate surface area is 200 Å². The largest absolute Gasteiger partial charge is 0.507 e. The van der Waals surface area contributed by atoms with Gasteiger partial charge in [-0.3, -0.25) is 4.79 Å². The van der Waals surface area contributed by atoms with Crippen LogP contribution in [0.2, 0.25) is 0 Å². The molecular weight excluding hydrogens is 432 g/mol. The van der Waals surface area contributed by atoms with Gasteiger partial charge in [0.15, 0.2) is 11.5 Å². The first-order valence-electron chi connectivity index (χ1n) is 12.3. The van der Waals surface area contributed by atoms with Crippen LogP contribution in [-0.4, -0.2) is 20.9 Å². The second-order valence-corrected chi connectivity index (χ2v) is 11.1. The van der Waals surface area contributed by atoms with Crippen molar-refractivity contribution >= 4 is 21.9 Å². The molecule has 0 atom stereocenters. The number of ether oxygens (including phenoxy) is 1. The molecule has 4 rings (SSSR count). The van der Waals surface area contributed by atoms with Gasteiger partial charge in [0, 0.05) is 22.8 Å². The lowest BCUT2D eigenvalue weighted by molar-refractivity contribution is 0.0809. The Bertz CT molecular complexity index is 1310. The summed E-state index contributed by atoms with van der Waals surface area (Å²) in [5.74, 6) is 0.723. The minimum Gasteiger partial charge on any atom is -0.507 e. The van der Waals surface area contributed by atoms with Crippen molar-refractivity contribution in [1.82, 2.24) is 0 Å². The van der Waals surface area contributed by atoms with Crippen molar-refractivity contribution in [2.75, 3.05) is 0 Å². The van der Waals surface area contributed by atoms with Crippen molar-refractivity contribution < 1.29 is 24.5 Å². The van der Waals surface area contributed by atoms with Crippen LogP contribution in [0.1, 0.15) is 77.5 Å². The first-order valence-corrected chi connectivity index (χ1v) is 12.3. The highest BCUT2D eigenvalue weighted by Gasteiger charge is 2.34. The molecule has 0 fully saturated rings. The number of hydrogen-bond donors (Lipinski definition) is 3. The highest BCUT2D eigenvalue weighted by atomic mass is 16.5. The quantitative estimate of drug-likeness (QED) is 0.365. The van der Waals surface area contributed by atoms with Crippen LogP contribution in [0.3, 0.4) is 0 Å². The fraction of sp³-hybridized carbons (Fsp3) is 0.536. The number of rotatable bonds is 6. The maximum absolute atomic E-state index is 13.9. The smallest absolute Gasteiger partial charge is 0.204 e. The average Bonchev–Trinajstić information content (AvgIpc) is 2.72. The first kappa shape index (κ1) is 24.2. The van der Waals surface area contributed by atoms with Crippen LogP contribution in [0.5, 0.6) is 23.0 Å². The number of fused-ring (bicyclic) bond motifs is 4. The van der Waals surface area contributed by atoms with E-state index in [2.05, 4.69) is 27.7 Å². The maximum atomic E-state index is 13.9. The van der Waals surface area contributed by atoms with Crippen LogP contribution in [0, 0.1) is 11.8 Å². The second kappa shape index (κ2) is 8.71. The third-order valence-electron chi connectivity index (χ3n) is 6.87. The summed E-state index contributed by atoms with van der Waals surface area (Å²) in [7, 11) is 0. The molecule has 0 amide bonds. The van der Waals surface area contributed by atoms with Gasteiger partial charge in [-0.1, -0.05) is 27.7 Å². The maximum Gasteiger partial charge on any atom is 0.204 e. The third kappa shape index (κ3) is 4.19. The molecule has 6 heteroatoms. The van der Waals surface area contributed by atoms with Crippen LogP contribution in [0.15, 0.2) is 15.3 Å². The number of hydrogen-bond acceptors (Lipinski definition) is 6. The average molecular weight is 469 g/mol. The molecule has 1 aliphatic heterocycles. The molecule has 0 unspecified atom stereocenters. The van der Waals surface area contributed by atoms with Gasteiger partial charge in [-0.2, -0.15) is 0 Å². The Morgan fingerprint density at radius 1 is 0.912 bits per heavy atom. The van der Waals surface area contributed by atoms with Gasteiger partial charge < -0.3 is 24.5 Å². The number of aromatic hydroxyl groups is 3. The topological polar surface area (TPSA) is 100 Å². The summed E-state index contributed by atoms with van der Waals surface area (Å²) in [5, 5.41) is 33.0. The molecule has 6 nitrogen and oxygen atoms in total. The zero-order chi connectivity index (χ0) is 24.9. The van der Waals surface area contributed by atoms with E-state index in [1.165, 1.54) is 6.07 Å². The molecule has 0 bridgehead atoms. The van der Waals surface area contributed by atoms with Gasteiger partial charge >= 0.3 is 0 Å². The standard InChI is InChI=1S/C28H36O6/c1-14(2)7-9-16-19(29)13-20(30)22-24(32)21-17-11-12-28(5,6)34-27(17)23(31)18(10-8-15(3)4)26(21)33-25(16)22/h13-15,29-31H,7-12H2,1-6H3. The normalized spacial score (nSPS) is 15.3. The summed E-state index contributed by atoms with van der Waals surface area (Å²) in [5.41, 5.74) is 1.35. The van der Waals surface area contributed by atoms with Gasteiger partial charge in [-0.05, 0) is 64.2 Å². The molecule has 0 saturated carbocycles. The van der Waals surface area contributed by atoms with E-state index in [-0.39, 0.29) is 33.6 Å². The molecule has 2 heterocycles. The van der Waals surface area contributed by atoms with Gasteiger partial charge in [-0.25, -0.2) is 0 Å². The van der Waals surface area contributed by atoms with E-state index in [9.17, 15) is 20.1 Å². The molecule has 2 aromatic carbocycles. The molecule has 0 spiro atoms. The van der Waals surface area contributed by atoms with Gasteiger partial charge in [0.05, 0.1) is 5.39 Å². The zero-order valence-electron chi connectivity index (χ0n) is 21.0. The molecule has 184 valence electrons. The third-order valence-corrected chi connectivity index (χ3v) is 6.87. The van der Waals surface area contributed by atoms with Crippen molar-refractivity contribution in [1.29, 1.82) is 0 Å². The summed E-state index contributed by atoms with van der Waals surface area (Å²) in [4.78, 5) is 13.9. The Morgan fingerprint density at radius 3 is 2.12 bits per heavy atom. The predicted molar refractivity (Wildman–Crippen MR) is 134 cm³/mol. The molecule has 0 aliphatic carbocycles. The molecule has 3 aromatic rings. The van der Waals surface area contributed by atoms with Gasteiger partial charge in [0.2, 0.25) is 5.43 Å². The molecule has 0 radical (unpaired) electrons. The number of phenols is 3. The van der Waals surface area contributed by atoms with E-state index in [1.54, 1.807) is 0 Å². The van der Waals surface area contributed by atoms with Crippen molar-refractivity contribution in [2.24, 2.45) is 11.8 Å². The van der Waals surface area contributed by atoms with E-state index in [4.69, 9.17) is 9.15 Å². The van der Waals surface area contributed by atoms with E-state index in [0.717, 1.165) is 12.8 Å². The van der Waals surface area contributed by atoms with Gasteiger partial charge in [0.25, 0.3) is 0 Å². The van der Waals surface area contributed by atoms with Gasteiger partial charge in [-0.15, -0.1) is 0 Å². The number of aryl methyl sites for hydroxylation is 3. The summed E-state index contributed by atoms with van der Waals surface area (Å²) < 4.78 is 12.6. The SMILES string of the molecule is CC(C)CCc1c(O)cc(O)c2c(=O)c3c4c(c(O)c(CCC(C)C)c3oc12)OC(C)(C)CC4. The molecule has 3 N–H and O–H groups in total. The molecule has 1 aromatic heterocycles. The Kier molecular flexibility index (Phi) is 6.21. The second-order valence-electron chi connectivity index (χ2n) is 11.1. The summed E-state index contributed by atoms with van der Waals surface area (Å²) in [6, 6.07) is 1.23. The van der Waals surface area contributed by atoms with Crippen molar-refractivity contribution in [3.63, 3.8) is 0 Å². The first-order chi connectivity index (χ1) is 15.9. The Morgan fingerprint density at radius 2 is 1.50 bits per heavy atom. The van der Waals surface area contributed by atoms with Crippen LogP contribution in [0.4, 0.5) is 0 Å².